The van der Waals surface area contributed by atoms with Gasteiger partial charge in [-0.2, -0.15) is 0 Å². The van der Waals surface area contributed by atoms with Crippen molar-refractivity contribution in [2.45, 2.75) is 26.8 Å². The lowest BCUT2D eigenvalue weighted by Gasteiger charge is -2.13. The number of aromatic nitrogens is 1. The Kier molecular flexibility index (Phi) is 8.18. The highest BCUT2D eigenvalue weighted by Crippen LogP contribution is 2.25. The van der Waals surface area contributed by atoms with Gasteiger partial charge in [0, 0.05) is 12.4 Å². The van der Waals surface area contributed by atoms with Gasteiger partial charge in [-0.15, -0.1) is 0 Å². The summed E-state index contributed by atoms with van der Waals surface area (Å²) in [5.41, 5.74) is -0.106. The molecule has 1 aromatic heterocycles. The standard InChI is InChI=1S/C16H20Cl2N2O4/c1-4-24-16(23)12(7-19-13(8-21)9(2)3)14(22)11-5-10(17)6-20-15(11)18/h5-7,9,13,21-22H,4,8H2,1-3H3/b14-12-,19-7?/t13-/m1/s1. The van der Waals surface area contributed by atoms with Crippen LogP contribution in [0, 0.1) is 5.92 Å². The zero-order valence-corrected chi connectivity index (χ0v) is 15.2. The summed E-state index contributed by atoms with van der Waals surface area (Å²) in [6, 6.07) is 0.959. The molecule has 0 spiro atoms. The Bertz CT molecular complexity index is 645. The van der Waals surface area contributed by atoms with Gasteiger partial charge in [-0.25, -0.2) is 9.78 Å². The van der Waals surface area contributed by atoms with Crippen LogP contribution in [0.15, 0.2) is 22.8 Å². The van der Waals surface area contributed by atoms with E-state index in [2.05, 4.69) is 9.98 Å². The normalized spacial score (nSPS) is 14.0. The van der Waals surface area contributed by atoms with Crippen LogP contribution < -0.4 is 0 Å². The molecule has 0 bridgehead atoms. The van der Waals surface area contributed by atoms with E-state index in [-0.39, 0.29) is 40.4 Å². The van der Waals surface area contributed by atoms with Gasteiger partial charge in [-0.3, -0.25) is 4.99 Å². The maximum Gasteiger partial charge on any atom is 0.343 e. The number of hydrogen-bond donors (Lipinski definition) is 2. The summed E-state index contributed by atoms with van der Waals surface area (Å²) in [4.78, 5) is 20.1. The molecule has 24 heavy (non-hydrogen) atoms. The third-order valence-electron chi connectivity index (χ3n) is 3.16. The van der Waals surface area contributed by atoms with Crippen molar-refractivity contribution in [2.75, 3.05) is 13.2 Å². The molecule has 0 fully saturated rings. The lowest BCUT2D eigenvalue weighted by Crippen LogP contribution is -2.19. The van der Waals surface area contributed by atoms with Crippen LogP contribution in [0.2, 0.25) is 10.2 Å². The maximum atomic E-state index is 12.1. The molecular formula is C16H20Cl2N2O4. The first-order valence-electron chi connectivity index (χ1n) is 7.37. The molecule has 0 unspecified atom stereocenters. The van der Waals surface area contributed by atoms with Crippen LogP contribution in [-0.2, 0) is 9.53 Å². The van der Waals surface area contributed by atoms with Gasteiger partial charge in [0.2, 0.25) is 0 Å². The summed E-state index contributed by atoms with van der Waals surface area (Å²) < 4.78 is 4.94. The lowest BCUT2D eigenvalue weighted by molar-refractivity contribution is -0.137. The molecule has 0 saturated heterocycles. The molecule has 1 atom stereocenters. The minimum atomic E-state index is -0.768. The number of pyridine rings is 1. The van der Waals surface area contributed by atoms with E-state index in [1.807, 2.05) is 13.8 Å². The molecule has 2 N–H and O–H groups in total. The summed E-state index contributed by atoms with van der Waals surface area (Å²) >= 11 is 11.8. The highest BCUT2D eigenvalue weighted by molar-refractivity contribution is 6.33. The fourth-order valence-corrected chi connectivity index (χ4v) is 2.10. The van der Waals surface area contributed by atoms with Gasteiger partial charge in [0.15, 0.2) is 0 Å². The van der Waals surface area contributed by atoms with Crippen LogP contribution in [0.4, 0.5) is 0 Å². The average molecular weight is 375 g/mol. The maximum absolute atomic E-state index is 12.1. The van der Waals surface area contributed by atoms with Crippen molar-refractivity contribution in [2.24, 2.45) is 10.9 Å². The van der Waals surface area contributed by atoms with Crippen LogP contribution in [0.1, 0.15) is 26.3 Å². The average Bonchev–Trinajstić information content (AvgIpc) is 2.53. The van der Waals surface area contributed by atoms with E-state index in [0.717, 1.165) is 0 Å². The van der Waals surface area contributed by atoms with E-state index in [1.165, 1.54) is 18.5 Å². The molecule has 0 aliphatic rings. The molecule has 0 saturated carbocycles. The Hall–Kier alpha value is -1.63. The monoisotopic (exact) mass is 374 g/mol. The van der Waals surface area contributed by atoms with Crippen molar-refractivity contribution < 1.29 is 19.7 Å². The molecule has 0 aliphatic carbocycles. The van der Waals surface area contributed by atoms with Crippen molar-refractivity contribution >= 4 is 41.1 Å². The van der Waals surface area contributed by atoms with E-state index in [9.17, 15) is 15.0 Å². The smallest absolute Gasteiger partial charge is 0.343 e. The third-order valence-corrected chi connectivity index (χ3v) is 3.67. The molecule has 0 aliphatic heterocycles. The van der Waals surface area contributed by atoms with Crippen molar-refractivity contribution in [3.63, 3.8) is 0 Å². The van der Waals surface area contributed by atoms with Crippen LogP contribution in [0.3, 0.4) is 0 Å². The van der Waals surface area contributed by atoms with Gasteiger partial charge in [-0.1, -0.05) is 37.0 Å². The SMILES string of the molecule is CCOC(=O)/C(C=N[C@H](CO)C(C)C)=C(\O)c1cc(Cl)cnc1Cl. The minimum absolute atomic E-state index is 0.0188. The van der Waals surface area contributed by atoms with Crippen LogP contribution in [0.5, 0.6) is 0 Å². The first kappa shape index (κ1) is 20.4. The van der Waals surface area contributed by atoms with Gasteiger partial charge in [-0.05, 0) is 18.9 Å². The quantitative estimate of drug-likeness (QED) is 0.251. The van der Waals surface area contributed by atoms with E-state index in [4.69, 9.17) is 27.9 Å². The predicted octanol–water partition coefficient (Wildman–Crippen LogP) is 3.31. The van der Waals surface area contributed by atoms with Crippen molar-refractivity contribution in [3.8, 4) is 0 Å². The second-order valence-electron chi connectivity index (χ2n) is 5.25. The Labute approximate surface area is 150 Å². The number of rotatable bonds is 7. The van der Waals surface area contributed by atoms with E-state index in [0.29, 0.717) is 0 Å². The van der Waals surface area contributed by atoms with Gasteiger partial charge in [0.1, 0.15) is 16.5 Å². The van der Waals surface area contributed by atoms with Crippen molar-refractivity contribution in [3.05, 3.63) is 33.6 Å². The summed E-state index contributed by atoms with van der Waals surface area (Å²) in [6.07, 6.45) is 2.49. The van der Waals surface area contributed by atoms with Crippen LogP contribution in [-0.4, -0.2) is 46.6 Å². The number of hydrogen-bond acceptors (Lipinski definition) is 6. The van der Waals surface area contributed by atoms with Crippen LogP contribution in [0.25, 0.3) is 5.76 Å². The summed E-state index contributed by atoms with van der Waals surface area (Å²) in [5, 5.41) is 20.0. The summed E-state index contributed by atoms with van der Waals surface area (Å²) in [6.45, 7) is 5.33. The van der Waals surface area contributed by atoms with Crippen molar-refractivity contribution in [1.29, 1.82) is 0 Å². The molecule has 6 nitrogen and oxygen atoms in total. The Morgan fingerprint density at radius 3 is 2.67 bits per heavy atom. The third kappa shape index (κ3) is 5.47. The number of carbonyl (C=O) groups excluding carboxylic acids is 1. The molecule has 0 radical (unpaired) electrons. The fourth-order valence-electron chi connectivity index (χ4n) is 1.75. The topological polar surface area (TPSA) is 92.0 Å². The van der Waals surface area contributed by atoms with Gasteiger partial charge in [0.25, 0.3) is 0 Å². The number of halogens is 2. The van der Waals surface area contributed by atoms with Gasteiger partial charge >= 0.3 is 5.97 Å². The van der Waals surface area contributed by atoms with Gasteiger partial charge < -0.3 is 14.9 Å². The molecule has 1 aromatic rings. The van der Waals surface area contributed by atoms with E-state index < -0.39 is 17.8 Å². The summed E-state index contributed by atoms with van der Waals surface area (Å²) in [7, 11) is 0. The van der Waals surface area contributed by atoms with Gasteiger partial charge in [0.05, 0.1) is 29.8 Å². The first-order valence-corrected chi connectivity index (χ1v) is 8.13. The molecule has 0 amide bonds. The molecule has 8 heteroatoms. The van der Waals surface area contributed by atoms with Crippen molar-refractivity contribution in [1.82, 2.24) is 4.98 Å². The minimum Gasteiger partial charge on any atom is -0.506 e. The molecule has 132 valence electrons. The number of aliphatic hydroxyl groups is 2. The number of aliphatic imine (C=N–C) groups is 1. The van der Waals surface area contributed by atoms with E-state index >= 15 is 0 Å². The zero-order chi connectivity index (χ0) is 18.3. The van der Waals surface area contributed by atoms with Crippen LogP contribution >= 0.6 is 23.2 Å². The Morgan fingerprint density at radius 2 is 2.12 bits per heavy atom. The second kappa shape index (κ2) is 9.61. The molecular weight excluding hydrogens is 355 g/mol. The highest BCUT2D eigenvalue weighted by Gasteiger charge is 2.20. The number of ether oxygens (including phenoxy) is 1. The number of nitrogens with zero attached hydrogens (tertiary/aromatic N) is 2. The second-order valence-corrected chi connectivity index (χ2v) is 6.04. The largest absolute Gasteiger partial charge is 0.506 e. The molecule has 1 rings (SSSR count). The molecule has 1 heterocycles. The number of esters is 1. The first-order chi connectivity index (χ1) is 11.3. The lowest BCUT2D eigenvalue weighted by atomic mass is 10.1. The number of carbonyl (C=O) groups is 1. The number of aliphatic hydroxyl groups excluding tert-OH is 2. The highest BCUT2D eigenvalue weighted by atomic mass is 35.5. The van der Waals surface area contributed by atoms with E-state index in [1.54, 1.807) is 6.92 Å². The predicted molar refractivity (Wildman–Crippen MR) is 94.6 cm³/mol. The fraction of sp³-hybridized carbons (Fsp3) is 0.438. The zero-order valence-electron chi connectivity index (χ0n) is 13.7. The Morgan fingerprint density at radius 1 is 1.46 bits per heavy atom. The Balaban J connectivity index is 3.38. The molecule has 0 aromatic carbocycles. The summed E-state index contributed by atoms with van der Waals surface area (Å²) in [5.74, 6) is -1.17.